The molecule has 2 fully saturated rings. The van der Waals surface area contributed by atoms with Gasteiger partial charge in [0, 0.05) is 77.6 Å². The van der Waals surface area contributed by atoms with E-state index in [9.17, 15) is 0 Å². The minimum absolute atomic E-state index is 0. The molecule has 327 valence electrons. The van der Waals surface area contributed by atoms with Gasteiger partial charge in [0.2, 0.25) is 0 Å². The number of halogens is 12. The summed E-state index contributed by atoms with van der Waals surface area (Å²) in [6.45, 7) is 4.00. The van der Waals surface area contributed by atoms with Crippen LogP contribution in [0.2, 0.25) is 0 Å². The van der Waals surface area contributed by atoms with E-state index in [1.165, 1.54) is 25.7 Å². The van der Waals surface area contributed by atoms with E-state index in [1.54, 1.807) is 0 Å². The van der Waals surface area contributed by atoms with E-state index < -0.39 is 66.8 Å². The zero-order valence-electron chi connectivity index (χ0n) is 25.5. The first-order chi connectivity index (χ1) is 20.9. The Hall–Kier alpha value is 4.40. The Morgan fingerprint density at radius 2 is 0.392 bits per heavy atom. The molecule has 0 aromatic heterocycles. The van der Waals surface area contributed by atoms with Crippen LogP contribution in [0.15, 0.2) is 0 Å². The van der Waals surface area contributed by atoms with Gasteiger partial charge in [-0.25, -0.2) is 0 Å². The molecule has 2 saturated heterocycles. The van der Waals surface area contributed by atoms with Crippen molar-refractivity contribution < 1.29 is 133 Å². The number of hydrogen-bond donors (Lipinski definition) is 12. The molecule has 0 amide bonds. The standard InChI is InChI=1S/2C4H8O.6C2H4Cl2O2.2Fe.Mn.2H2O/c2*1-2-4-5-3-1;6*3-1(4)2(5)6;;;;;/h2*1-4H2;6*1-2,5-6H;;;;2*1H2/p+1. The fourth-order valence-electron chi connectivity index (χ4n) is 1.02. The third-order valence-electron chi connectivity index (χ3n) is 3.01. The van der Waals surface area contributed by atoms with Gasteiger partial charge < -0.3 is 81.7 Å². The zero-order valence-corrected chi connectivity index (χ0v) is 37.9. The van der Waals surface area contributed by atoms with Gasteiger partial charge in [-0.05, 0) is 25.7 Å². The van der Waals surface area contributed by atoms with Gasteiger partial charge in [-0.15, -0.1) is 0 Å². The third kappa shape index (κ3) is 101. The molecule has 0 spiro atoms. The molecule has 17 N–H and O–H groups in total. The van der Waals surface area contributed by atoms with Crippen molar-refractivity contribution in [2.75, 3.05) is 26.4 Å². The molecule has 16 nitrogen and oxygen atoms in total. The topological polar surface area (TPSA) is 326 Å². The molecule has 2 heterocycles. The van der Waals surface area contributed by atoms with Crippen LogP contribution >= 0.6 is 139 Å². The Balaban J connectivity index is -0.0000000393. The van der Waals surface area contributed by atoms with E-state index in [1.807, 2.05) is 0 Å². The summed E-state index contributed by atoms with van der Waals surface area (Å²) < 4.78 is 9.89. The largest absolute Gasteiger partial charge is 0.457 e. The van der Waals surface area contributed by atoms with E-state index in [-0.39, 0.29) is 62.2 Å². The molecule has 0 aliphatic carbocycles. The van der Waals surface area contributed by atoms with Gasteiger partial charge in [-0.2, -0.15) is 0 Å². The normalized spacial score (nSPS) is 12.5. The Morgan fingerprint density at radius 3 is 0.412 bits per heavy atom. The fraction of sp³-hybridized carbons (Fsp3) is 1.00. The second kappa shape index (κ2) is 61.1. The van der Waals surface area contributed by atoms with Crippen molar-refractivity contribution in [2.45, 2.75) is 92.4 Å². The molecule has 2 aliphatic rings. The first-order valence-corrected chi connectivity index (χ1v) is 17.1. The minimum atomic E-state index is -1.62. The zero-order chi connectivity index (χ0) is 38.0. The molecule has 0 bridgehead atoms. The van der Waals surface area contributed by atoms with Crippen LogP contribution in [-0.2, 0) is 66.2 Å². The van der Waals surface area contributed by atoms with E-state index in [2.05, 4.69) is 0 Å². The summed E-state index contributed by atoms with van der Waals surface area (Å²) in [5.41, 5.74) is 0. The van der Waals surface area contributed by atoms with Gasteiger partial charge in [0.1, 0.15) is 0 Å². The van der Waals surface area contributed by atoms with Crippen molar-refractivity contribution in [3.05, 3.63) is 0 Å². The van der Waals surface area contributed by atoms with Crippen LogP contribution in [0.5, 0.6) is 0 Å². The molecule has 51 heavy (non-hydrogen) atoms. The van der Waals surface area contributed by atoms with E-state index in [0.717, 1.165) is 26.4 Å². The van der Waals surface area contributed by atoms with E-state index in [0.29, 0.717) is 0 Å². The molecule has 0 atom stereocenters. The minimum Gasteiger partial charge on any atom is -0.457 e. The number of alkyl halides is 12. The summed E-state index contributed by atoms with van der Waals surface area (Å²) in [5, 5.41) is 95.1. The predicted molar refractivity (Wildman–Crippen MR) is 191 cm³/mol. The predicted octanol–water partition coefficient (Wildman–Crippen LogP) is 0.444. The summed E-state index contributed by atoms with van der Waals surface area (Å²) in [7, 11) is 0. The smallest absolute Gasteiger partial charge is 0.182 e. The van der Waals surface area contributed by atoms with Crippen molar-refractivity contribution >= 4 is 139 Å². The fourth-order valence-corrected chi connectivity index (χ4v) is 1.02. The quantitative estimate of drug-likeness (QED) is 0.0744. The van der Waals surface area contributed by atoms with Crippen LogP contribution in [0.3, 0.4) is 0 Å². The van der Waals surface area contributed by atoms with Crippen LogP contribution in [-0.4, -0.2) is 160 Å². The van der Waals surface area contributed by atoms with Gasteiger partial charge in [-0.3, -0.25) is 0 Å². The van der Waals surface area contributed by atoms with Gasteiger partial charge in [-0.1, -0.05) is 139 Å². The second-order valence-corrected chi connectivity index (χ2v) is 14.1. The second-order valence-electron chi connectivity index (χ2n) is 7.13. The van der Waals surface area contributed by atoms with Crippen molar-refractivity contribution in [3.63, 3.8) is 0 Å². The maximum Gasteiger partial charge on any atom is 0.182 e. The summed E-state index contributed by atoms with van der Waals surface area (Å²) in [4.78, 5) is -6.56. The van der Waals surface area contributed by atoms with Gasteiger partial charge in [0.15, 0.2) is 66.8 Å². The number of hydrogen-bond acceptors (Lipinski definition) is 14. The molecule has 0 saturated carbocycles. The molecule has 2 rings (SSSR count). The molecule has 1 radical (unpaired) electrons. The monoisotopic (exact) mass is 1130 g/mol. The Labute approximate surface area is 387 Å². The van der Waals surface area contributed by atoms with E-state index >= 15 is 0 Å². The Bertz CT molecular complexity index is 416. The van der Waals surface area contributed by atoms with Crippen LogP contribution in [0.1, 0.15) is 25.7 Å². The molecule has 0 unspecified atom stereocenters. The van der Waals surface area contributed by atoms with Crippen molar-refractivity contribution in [2.24, 2.45) is 0 Å². The molecule has 2 aliphatic heterocycles. The van der Waals surface area contributed by atoms with Crippen molar-refractivity contribution in [1.82, 2.24) is 0 Å². The SMILES string of the molecule is C1CCOC1.C1CCOC1.O.OC(O)C(Cl)Cl.OC(O)C(Cl)Cl.OC(O)C(Cl)Cl.OC(O)C(Cl)Cl.OC(O)C(Cl)Cl.OC(O)C(Cl)Cl.[Fe].[Fe].[Mn].[OH3+]. The van der Waals surface area contributed by atoms with Crippen LogP contribution < -0.4 is 0 Å². The Kier molecular flexibility index (Phi) is 99.6. The summed E-state index contributed by atoms with van der Waals surface area (Å²) in [6, 6.07) is 0. The molecular weight excluding hydrogens is 1090 g/mol. The van der Waals surface area contributed by atoms with Crippen molar-refractivity contribution in [1.29, 1.82) is 0 Å². The van der Waals surface area contributed by atoms with Crippen LogP contribution in [0.25, 0.3) is 0 Å². The first-order valence-electron chi connectivity index (χ1n) is 11.9. The third-order valence-corrected chi connectivity index (χ3v) is 5.71. The average molecular weight is 1130 g/mol. The number of rotatable bonds is 6. The first kappa shape index (κ1) is 83.2. The molecule has 0 aromatic carbocycles. The van der Waals surface area contributed by atoms with Gasteiger partial charge in [0.25, 0.3) is 0 Å². The average Bonchev–Trinajstić information content (AvgIpc) is 3.70. The number of ether oxygens (including phenoxy) is 2. The van der Waals surface area contributed by atoms with Crippen LogP contribution in [0, 0.1) is 0 Å². The number of aliphatic hydroxyl groups excluding tert-OH is 6. The van der Waals surface area contributed by atoms with Crippen LogP contribution in [0.4, 0.5) is 0 Å². The Morgan fingerprint density at radius 1 is 0.314 bits per heavy atom. The van der Waals surface area contributed by atoms with Gasteiger partial charge >= 0.3 is 0 Å². The van der Waals surface area contributed by atoms with Gasteiger partial charge in [0.05, 0.1) is 0 Å². The number of aliphatic hydroxyl groups is 12. The summed E-state index contributed by atoms with van der Waals surface area (Å²) in [6.07, 6.45) is -4.59. The maximum atomic E-state index is 7.92. The molecule has 0 aromatic rings. The molecule has 31 heteroatoms. The van der Waals surface area contributed by atoms with E-state index in [4.69, 9.17) is 210 Å². The van der Waals surface area contributed by atoms with Crippen molar-refractivity contribution in [3.8, 4) is 0 Å². The molecular formula is C20H45Cl12Fe2MnO16+. The summed E-state index contributed by atoms with van der Waals surface area (Å²) in [5.74, 6) is 0. The maximum absolute atomic E-state index is 7.92. The summed E-state index contributed by atoms with van der Waals surface area (Å²) >= 11 is 58.5.